The van der Waals surface area contributed by atoms with Gasteiger partial charge in [0.2, 0.25) is 0 Å². The molecule has 2 rings (SSSR count). The Balaban J connectivity index is 1.42. The van der Waals surface area contributed by atoms with Gasteiger partial charge < -0.3 is 20.4 Å². The Morgan fingerprint density at radius 1 is 1.00 bits per heavy atom. The van der Waals surface area contributed by atoms with Gasteiger partial charge in [-0.2, -0.15) is 0 Å². The molecule has 0 aromatic heterocycles. The van der Waals surface area contributed by atoms with Crippen LogP contribution in [0.3, 0.4) is 0 Å². The van der Waals surface area contributed by atoms with E-state index in [2.05, 4.69) is 34.4 Å². The van der Waals surface area contributed by atoms with Crippen LogP contribution in [0.1, 0.15) is 64.7 Å². The van der Waals surface area contributed by atoms with E-state index in [-0.39, 0.29) is 6.03 Å². The zero-order chi connectivity index (χ0) is 17.9. The molecule has 0 radical (unpaired) electrons. The van der Waals surface area contributed by atoms with Gasteiger partial charge in [-0.15, -0.1) is 0 Å². The highest BCUT2D eigenvalue weighted by Crippen LogP contribution is 2.21. The number of nitrogens with zero attached hydrogens (tertiary/aromatic N) is 2. The molecule has 0 aromatic carbocycles. The quantitative estimate of drug-likeness (QED) is 0.627. The molecular formula is C20H40N4O. The highest BCUT2D eigenvalue weighted by molar-refractivity contribution is 5.73. The number of carbonyl (C=O) groups excluding carboxylic acids is 1. The van der Waals surface area contributed by atoms with Crippen LogP contribution >= 0.6 is 0 Å². The molecular weight excluding hydrogens is 312 g/mol. The molecule has 1 heterocycles. The Morgan fingerprint density at radius 2 is 1.64 bits per heavy atom. The number of likely N-dealkylation sites (tertiary alicyclic amines) is 1. The second-order valence-electron chi connectivity index (χ2n) is 8.19. The summed E-state index contributed by atoms with van der Waals surface area (Å²) in [4.78, 5) is 16.8. The van der Waals surface area contributed by atoms with E-state index in [9.17, 15) is 4.79 Å². The van der Waals surface area contributed by atoms with Gasteiger partial charge in [0.05, 0.1) is 0 Å². The minimum absolute atomic E-state index is 0.00686. The molecule has 0 bridgehead atoms. The van der Waals surface area contributed by atoms with Crippen LogP contribution in [0.15, 0.2) is 0 Å². The number of hydrogen-bond acceptors (Lipinski definition) is 3. The smallest absolute Gasteiger partial charge is 0.314 e. The molecule has 1 aliphatic heterocycles. The summed E-state index contributed by atoms with van der Waals surface area (Å²) >= 11 is 0. The van der Waals surface area contributed by atoms with E-state index in [1.54, 1.807) is 0 Å². The Bertz CT molecular complexity index is 363. The van der Waals surface area contributed by atoms with E-state index in [1.165, 1.54) is 58.0 Å². The fourth-order valence-corrected chi connectivity index (χ4v) is 4.09. The van der Waals surface area contributed by atoms with Crippen LogP contribution in [0.5, 0.6) is 0 Å². The Hall–Kier alpha value is -0.810. The topological polar surface area (TPSA) is 47.6 Å². The lowest BCUT2D eigenvalue weighted by atomic mass is 9.94. The maximum Gasteiger partial charge on any atom is 0.314 e. The summed E-state index contributed by atoms with van der Waals surface area (Å²) in [7, 11) is 2.23. The van der Waals surface area contributed by atoms with Crippen molar-refractivity contribution >= 4 is 6.03 Å². The number of amides is 2. The van der Waals surface area contributed by atoms with E-state index in [1.807, 2.05) is 0 Å². The number of carbonyl (C=O) groups is 1. The van der Waals surface area contributed by atoms with Crippen molar-refractivity contribution in [2.75, 3.05) is 46.3 Å². The standard InChI is InChI=1S/C20H40N4O/c1-18-10-16-24(17-11-18)15-7-13-22-20(25)21-12-6-14-23(2)19-8-4-3-5-9-19/h18-19H,3-17H2,1-2H3,(H2,21,22,25). The number of piperidine rings is 1. The van der Waals surface area contributed by atoms with Gasteiger partial charge in [-0.3, -0.25) is 0 Å². The van der Waals surface area contributed by atoms with Crippen LogP contribution in [0.2, 0.25) is 0 Å². The summed E-state index contributed by atoms with van der Waals surface area (Å²) in [6.45, 7) is 8.53. The van der Waals surface area contributed by atoms with Gasteiger partial charge in [0.25, 0.3) is 0 Å². The Labute approximate surface area is 154 Å². The van der Waals surface area contributed by atoms with Crippen molar-refractivity contribution in [1.82, 2.24) is 20.4 Å². The van der Waals surface area contributed by atoms with E-state index in [4.69, 9.17) is 0 Å². The number of urea groups is 1. The van der Waals surface area contributed by atoms with Crippen LogP contribution in [0, 0.1) is 5.92 Å². The van der Waals surface area contributed by atoms with Gasteiger partial charge in [0, 0.05) is 19.1 Å². The first-order valence-corrected chi connectivity index (χ1v) is 10.6. The van der Waals surface area contributed by atoms with Crippen molar-refractivity contribution in [3.8, 4) is 0 Å². The predicted molar refractivity (Wildman–Crippen MR) is 105 cm³/mol. The highest BCUT2D eigenvalue weighted by atomic mass is 16.2. The molecule has 0 atom stereocenters. The second kappa shape index (κ2) is 11.7. The summed E-state index contributed by atoms with van der Waals surface area (Å²) in [6.07, 6.45) is 11.6. The molecule has 1 saturated heterocycles. The second-order valence-corrected chi connectivity index (χ2v) is 8.19. The molecule has 2 aliphatic rings. The number of hydrogen-bond donors (Lipinski definition) is 2. The minimum Gasteiger partial charge on any atom is -0.338 e. The molecule has 1 aliphatic carbocycles. The van der Waals surface area contributed by atoms with E-state index in [0.717, 1.165) is 51.0 Å². The van der Waals surface area contributed by atoms with Crippen LogP contribution in [0.4, 0.5) is 4.79 Å². The fraction of sp³-hybridized carbons (Fsp3) is 0.950. The molecule has 1 saturated carbocycles. The largest absolute Gasteiger partial charge is 0.338 e. The summed E-state index contributed by atoms with van der Waals surface area (Å²) in [5.74, 6) is 0.886. The molecule has 146 valence electrons. The normalized spacial score (nSPS) is 20.8. The third-order valence-electron chi connectivity index (χ3n) is 5.98. The van der Waals surface area contributed by atoms with E-state index in [0.29, 0.717) is 0 Å². The number of rotatable bonds is 9. The first-order valence-electron chi connectivity index (χ1n) is 10.6. The minimum atomic E-state index is -0.00686. The van der Waals surface area contributed by atoms with Crippen LogP contribution in [0.25, 0.3) is 0 Å². The fourth-order valence-electron chi connectivity index (χ4n) is 4.09. The van der Waals surface area contributed by atoms with Gasteiger partial charge in [-0.1, -0.05) is 26.2 Å². The summed E-state index contributed by atoms with van der Waals surface area (Å²) in [5.41, 5.74) is 0. The van der Waals surface area contributed by atoms with E-state index < -0.39 is 0 Å². The zero-order valence-electron chi connectivity index (χ0n) is 16.6. The third-order valence-corrected chi connectivity index (χ3v) is 5.98. The summed E-state index contributed by atoms with van der Waals surface area (Å²) in [5, 5.41) is 5.99. The van der Waals surface area contributed by atoms with Gasteiger partial charge in [-0.05, 0) is 77.7 Å². The lowest BCUT2D eigenvalue weighted by Gasteiger charge is -2.31. The van der Waals surface area contributed by atoms with Crippen LogP contribution < -0.4 is 10.6 Å². The molecule has 2 amide bonds. The van der Waals surface area contributed by atoms with Gasteiger partial charge in [-0.25, -0.2) is 4.79 Å². The maximum absolute atomic E-state index is 11.8. The van der Waals surface area contributed by atoms with Crippen LogP contribution in [-0.4, -0.2) is 68.2 Å². The lowest BCUT2D eigenvalue weighted by Crippen LogP contribution is -2.40. The monoisotopic (exact) mass is 352 g/mol. The molecule has 0 aromatic rings. The van der Waals surface area contributed by atoms with Crippen molar-refractivity contribution in [3.63, 3.8) is 0 Å². The molecule has 2 N–H and O–H groups in total. The highest BCUT2D eigenvalue weighted by Gasteiger charge is 2.17. The average Bonchev–Trinajstić information content (AvgIpc) is 2.64. The SMILES string of the molecule is CC1CCN(CCCNC(=O)NCCCN(C)C2CCCCC2)CC1. The van der Waals surface area contributed by atoms with Crippen LogP contribution in [-0.2, 0) is 0 Å². The first kappa shape index (κ1) is 20.5. The van der Waals surface area contributed by atoms with E-state index >= 15 is 0 Å². The summed E-state index contributed by atoms with van der Waals surface area (Å²) in [6, 6.07) is 0.757. The van der Waals surface area contributed by atoms with Gasteiger partial charge in [0.1, 0.15) is 0 Å². The maximum atomic E-state index is 11.8. The van der Waals surface area contributed by atoms with Crippen molar-refractivity contribution in [1.29, 1.82) is 0 Å². The van der Waals surface area contributed by atoms with Gasteiger partial charge in [0.15, 0.2) is 0 Å². The van der Waals surface area contributed by atoms with Crippen molar-refractivity contribution in [2.45, 2.75) is 70.8 Å². The molecule has 0 spiro atoms. The van der Waals surface area contributed by atoms with Crippen molar-refractivity contribution in [2.24, 2.45) is 5.92 Å². The third kappa shape index (κ3) is 8.41. The lowest BCUT2D eigenvalue weighted by molar-refractivity contribution is 0.188. The molecule has 2 fully saturated rings. The molecule has 25 heavy (non-hydrogen) atoms. The van der Waals surface area contributed by atoms with Crippen molar-refractivity contribution in [3.05, 3.63) is 0 Å². The van der Waals surface area contributed by atoms with Crippen molar-refractivity contribution < 1.29 is 4.79 Å². The predicted octanol–water partition coefficient (Wildman–Crippen LogP) is 3.06. The summed E-state index contributed by atoms with van der Waals surface area (Å²) < 4.78 is 0. The zero-order valence-corrected chi connectivity index (χ0v) is 16.6. The first-order chi connectivity index (χ1) is 12.1. The Kier molecular flexibility index (Phi) is 9.63. The molecule has 0 unspecified atom stereocenters. The Morgan fingerprint density at radius 3 is 2.32 bits per heavy atom. The number of nitrogens with one attached hydrogen (secondary N) is 2. The molecule has 5 nitrogen and oxygen atoms in total. The molecule has 5 heteroatoms. The average molecular weight is 353 g/mol. The van der Waals surface area contributed by atoms with Gasteiger partial charge >= 0.3 is 6.03 Å².